The summed E-state index contributed by atoms with van der Waals surface area (Å²) in [6.07, 6.45) is 7.02. The highest BCUT2D eigenvalue weighted by atomic mass is 16.6. The zero-order valence-electron chi connectivity index (χ0n) is 19.1. The summed E-state index contributed by atoms with van der Waals surface area (Å²) in [5.74, 6) is 0.430. The summed E-state index contributed by atoms with van der Waals surface area (Å²) in [5, 5.41) is 7.52. The normalized spacial score (nSPS) is 30.7. The molecule has 166 valence electrons. The minimum Gasteiger partial charge on any atom is -0.460 e. The number of nitrogens with zero attached hydrogens (tertiary/aromatic N) is 1. The third-order valence-corrected chi connectivity index (χ3v) is 7.08. The number of carbonyl (C=O) groups excluding carboxylic acids is 1. The average Bonchev–Trinajstić information content (AvgIpc) is 3.16. The minimum atomic E-state index is -0.448. The van der Waals surface area contributed by atoms with E-state index in [0.29, 0.717) is 18.0 Å². The summed E-state index contributed by atoms with van der Waals surface area (Å²) in [5.41, 5.74) is 1.93. The van der Waals surface area contributed by atoms with Gasteiger partial charge in [-0.3, -0.25) is 4.79 Å². The molecule has 5 nitrogen and oxygen atoms in total. The molecule has 4 unspecified atom stereocenters. The lowest BCUT2D eigenvalue weighted by Crippen LogP contribution is -2.48. The first-order valence-electron chi connectivity index (χ1n) is 11.8. The van der Waals surface area contributed by atoms with Gasteiger partial charge >= 0.3 is 5.97 Å². The fourth-order valence-electron chi connectivity index (χ4n) is 5.46. The van der Waals surface area contributed by atoms with Gasteiger partial charge in [0.2, 0.25) is 0 Å². The van der Waals surface area contributed by atoms with E-state index in [1.165, 1.54) is 43.4 Å². The van der Waals surface area contributed by atoms with Gasteiger partial charge in [-0.1, -0.05) is 18.6 Å². The molecule has 0 aromatic heterocycles. The Labute approximate surface area is 181 Å². The van der Waals surface area contributed by atoms with E-state index in [-0.39, 0.29) is 17.9 Å². The first-order chi connectivity index (χ1) is 14.3. The van der Waals surface area contributed by atoms with Crippen molar-refractivity contribution >= 4 is 11.7 Å². The number of likely N-dealkylation sites (tertiary alicyclic amines) is 1. The Morgan fingerprint density at radius 1 is 1.10 bits per heavy atom. The van der Waals surface area contributed by atoms with Gasteiger partial charge in [0, 0.05) is 23.8 Å². The molecule has 3 aliphatic rings. The maximum absolute atomic E-state index is 13.1. The van der Waals surface area contributed by atoms with E-state index >= 15 is 0 Å². The van der Waals surface area contributed by atoms with E-state index in [9.17, 15) is 4.79 Å². The van der Waals surface area contributed by atoms with Crippen LogP contribution in [0.4, 0.5) is 5.69 Å². The number of benzene rings is 1. The smallest absolute Gasteiger partial charge is 0.311 e. The molecular weight excluding hydrogens is 374 g/mol. The molecule has 3 fully saturated rings. The van der Waals surface area contributed by atoms with Crippen molar-refractivity contribution in [3.05, 3.63) is 29.8 Å². The lowest BCUT2D eigenvalue weighted by atomic mass is 9.78. The molecular formula is C25H39N3O2. The lowest BCUT2D eigenvalue weighted by molar-refractivity contribution is -0.163. The molecule has 1 aliphatic carbocycles. The number of fused-ring (bicyclic) bond motifs is 1. The molecule has 4 atom stereocenters. The highest BCUT2D eigenvalue weighted by molar-refractivity contribution is 5.74. The van der Waals surface area contributed by atoms with Crippen LogP contribution in [0.5, 0.6) is 0 Å². The van der Waals surface area contributed by atoms with Crippen molar-refractivity contribution in [2.24, 2.45) is 11.8 Å². The van der Waals surface area contributed by atoms with E-state index in [2.05, 4.69) is 46.8 Å². The Balaban J connectivity index is 1.47. The molecule has 5 heteroatoms. The van der Waals surface area contributed by atoms with Crippen molar-refractivity contribution in [1.82, 2.24) is 10.2 Å². The Kier molecular flexibility index (Phi) is 6.40. The van der Waals surface area contributed by atoms with Gasteiger partial charge in [-0.25, -0.2) is 0 Å². The van der Waals surface area contributed by atoms with Gasteiger partial charge in [0.05, 0.1) is 5.92 Å². The van der Waals surface area contributed by atoms with Gasteiger partial charge in [0.25, 0.3) is 0 Å². The van der Waals surface area contributed by atoms with Gasteiger partial charge in [-0.2, -0.15) is 0 Å². The van der Waals surface area contributed by atoms with Crippen LogP contribution in [0.25, 0.3) is 0 Å². The number of nitrogens with one attached hydrogen (secondary N) is 2. The fourth-order valence-corrected chi connectivity index (χ4v) is 5.46. The van der Waals surface area contributed by atoms with Crippen molar-refractivity contribution in [2.75, 3.05) is 25.5 Å². The minimum absolute atomic E-state index is 0.0385. The van der Waals surface area contributed by atoms with Crippen molar-refractivity contribution < 1.29 is 9.53 Å². The van der Waals surface area contributed by atoms with Gasteiger partial charge < -0.3 is 20.3 Å². The molecule has 1 aromatic rings. The second-order valence-electron chi connectivity index (χ2n) is 10.7. The van der Waals surface area contributed by atoms with Crippen molar-refractivity contribution in [3.8, 4) is 0 Å². The van der Waals surface area contributed by atoms with E-state index in [4.69, 9.17) is 4.74 Å². The molecule has 30 heavy (non-hydrogen) atoms. The number of hydrogen-bond donors (Lipinski definition) is 2. The molecule has 0 radical (unpaired) electrons. The molecule has 1 saturated carbocycles. The van der Waals surface area contributed by atoms with Crippen LogP contribution in [0.2, 0.25) is 0 Å². The molecule has 2 aliphatic heterocycles. The van der Waals surface area contributed by atoms with E-state index in [1.54, 1.807) is 0 Å². The third kappa shape index (κ3) is 5.17. The topological polar surface area (TPSA) is 53.6 Å². The Hall–Kier alpha value is -1.59. The maximum atomic E-state index is 13.1. The van der Waals surface area contributed by atoms with Crippen molar-refractivity contribution in [2.45, 2.75) is 83.0 Å². The summed E-state index contributed by atoms with van der Waals surface area (Å²) in [6.45, 7) is 8.18. The van der Waals surface area contributed by atoms with Crippen LogP contribution in [0, 0.1) is 11.8 Å². The van der Waals surface area contributed by atoms with Crippen LogP contribution < -0.4 is 10.6 Å². The molecule has 0 bridgehead atoms. The number of anilines is 1. The van der Waals surface area contributed by atoms with Crippen molar-refractivity contribution in [3.63, 3.8) is 0 Å². The molecule has 4 rings (SSSR count). The SMILES string of the molecule is CN1CCC(Nc2ccc(C3NC4CCCC4CC3C(=O)OC(C)(C)C)cc2)CC1. The van der Waals surface area contributed by atoms with Crippen LogP contribution >= 0.6 is 0 Å². The number of carbonyl (C=O) groups is 1. The predicted molar refractivity (Wildman–Crippen MR) is 122 cm³/mol. The monoisotopic (exact) mass is 413 g/mol. The fraction of sp³-hybridized carbons (Fsp3) is 0.720. The van der Waals surface area contributed by atoms with Gasteiger partial charge in [-0.15, -0.1) is 0 Å². The highest BCUT2D eigenvalue weighted by Gasteiger charge is 2.44. The van der Waals surface area contributed by atoms with E-state index in [0.717, 1.165) is 19.5 Å². The summed E-state index contributed by atoms with van der Waals surface area (Å²) >= 11 is 0. The largest absolute Gasteiger partial charge is 0.460 e. The van der Waals surface area contributed by atoms with Crippen LogP contribution in [0.1, 0.15) is 70.9 Å². The summed E-state index contributed by atoms with van der Waals surface area (Å²) in [6, 6.07) is 9.88. The Morgan fingerprint density at radius 3 is 2.47 bits per heavy atom. The maximum Gasteiger partial charge on any atom is 0.311 e. The first kappa shape index (κ1) is 21.6. The predicted octanol–water partition coefficient (Wildman–Crippen LogP) is 4.35. The molecule has 2 N–H and O–H groups in total. The average molecular weight is 414 g/mol. The van der Waals surface area contributed by atoms with Crippen LogP contribution in [0.15, 0.2) is 24.3 Å². The number of esters is 1. The van der Waals surface area contributed by atoms with Gasteiger partial charge in [0.1, 0.15) is 5.60 Å². The lowest BCUT2D eigenvalue weighted by Gasteiger charge is -2.40. The molecule has 2 saturated heterocycles. The number of ether oxygens (including phenoxy) is 1. The summed E-state index contributed by atoms with van der Waals surface area (Å²) in [4.78, 5) is 15.5. The van der Waals surface area contributed by atoms with Gasteiger partial charge in [0.15, 0.2) is 0 Å². The second kappa shape index (κ2) is 8.88. The number of piperidine rings is 2. The molecule has 0 amide bonds. The quantitative estimate of drug-likeness (QED) is 0.719. The summed E-state index contributed by atoms with van der Waals surface area (Å²) in [7, 11) is 2.19. The van der Waals surface area contributed by atoms with Crippen LogP contribution in [-0.4, -0.2) is 48.7 Å². The second-order valence-corrected chi connectivity index (χ2v) is 10.7. The Bertz CT molecular complexity index is 719. The number of rotatable bonds is 4. The summed E-state index contributed by atoms with van der Waals surface area (Å²) < 4.78 is 5.82. The van der Waals surface area contributed by atoms with Crippen LogP contribution in [0.3, 0.4) is 0 Å². The first-order valence-corrected chi connectivity index (χ1v) is 11.8. The molecule has 2 heterocycles. The van der Waals surface area contributed by atoms with E-state index < -0.39 is 5.60 Å². The zero-order valence-corrected chi connectivity index (χ0v) is 19.1. The third-order valence-electron chi connectivity index (χ3n) is 7.08. The standard InChI is InChI=1S/C25H39N3O2/c1-25(2,3)30-24(29)21-16-18-6-5-7-22(18)27-23(21)17-8-10-19(11-9-17)26-20-12-14-28(4)15-13-20/h8-11,18,20-23,26-27H,5-7,12-16H2,1-4H3. The Morgan fingerprint density at radius 2 is 1.80 bits per heavy atom. The zero-order chi connectivity index (χ0) is 21.3. The molecule has 1 aromatic carbocycles. The molecule has 0 spiro atoms. The van der Waals surface area contributed by atoms with Gasteiger partial charge in [-0.05, 0) is 96.6 Å². The van der Waals surface area contributed by atoms with Crippen LogP contribution in [-0.2, 0) is 9.53 Å². The highest BCUT2D eigenvalue weighted by Crippen LogP contribution is 2.42. The van der Waals surface area contributed by atoms with E-state index in [1.807, 2.05) is 20.8 Å². The van der Waals surface area contributed by atoms with Crippen molar-refractivity contribution in [1.29, 1.82) is 0 Å². The number of hydrogen-bond acceptors (Lipinski definition) is 5.